The molecule has 0 aliphatic rings. The molecule has 0 bridgehead atoms. The van der Waals surface area contributed by atoms with E-state index in [4.69, 9.17) is 11.0 Å². The van der Waals surface area contributed by atoms with Gasteiger partial charge in [-0.25, -0.2) is 4.85 Å². The Balaban J connectivity index is 1.89. The lowest BCUT2D eigenvalue weighted by molar-refractivity contribution is -0.633. The predicted octanol–water partition coefficient (Wildman–Crippen LogP) is 8.14. The minimum atomic E-state index is -1.67. The second kappa shape index (κ2) is 8.60. The third kappa shape index (κ3) is 3.92. The van der Waals surface area contributed by atoms with Gasteiger partial charge < -0.3 is 4.42 Å². The highest BCUT2D eigenvalue weighted by atomic mass is 28.3. The summed E-state index contributed by atoms with van der Waals surface area (Å²) in [6.07, 6.45) is 1.09. The normalized spacial score (nSPS) is 12.2. The Morgan fingerprint density at radius 3 is 2.36 bits per heavy atom. The third-order valence-electron chi connectivity index (χ3n) is 7.46. The maximum Gasteiger partial charge on any atom is 0.216 e. The highest BCUT2D eigenvalue weighted by Crippen LogP contribution is 2.40. The van der Waals surface area contributed by atoms with Crippen LogP contribution in [0.1, 0.15) is 30.5 Å². The third-order valence-corrected chi connectivity index (χ3v) is 9.49. The quantitative estimate of drug-likeness (QED) is 0.141. The van der Waals surface area contributed by atoms with Gasteiger partial charge in [0.05, 0.1) is 20.2 Å². The molecule has 0 radical (unpaired) electrons. The van der Waals surface area contributed by atoms with Crippen molar-refractivity contribution in [3.05, 3.63) is 76.6 Å². The zero-order chi connectivity index (χ0) is 25.9. The summed E-state index contributed by atoms with van der Waals surface area (Å²) in [6.45, 7) is 23.7. The fourth-order valence-corrected chi connectivity index (χ4v) is 7.07. The standard InChI is InChI=1S/C32H35N2OSi/c1-19(2)14-22-10-13-27-26(16-22)30(36(7,8)9)18-28(34(27)6)31-21(4)20(3)15-25-24-12-11-23(33-5)17-29(24)35-32(25)31/h10-13,15-19H,14H2,1-4,6-9H3/q+1. The Kier molecular flexibility index (Phi) is 5.80. The molecule has 0 saturated heterocycles. The van der Waals surface area contributed by atoms with Crippen LogP contribution in [0.5, 0.6) is 0 Å². The monoisotopic (exact) mass is 491 g/mol. The molecule has 0 spiro atoms. The number of fused-ring (bicyclic) bond motifs is 4. The summed E-state index contributed by atoms with van der Waals surface area (Å²) in [5.74, 6) is 0.630. The smallest absolute Gasteiger partial charge is 0.216 e. The number of hydrogen-bond donors (Lipinski definition) is 0. The van der Waals surface area contributed by atoms with E-state index in [1.807, 2.05) is 18.2 Å². The van der Waals surface area contributed by atoms with E-state index in [0.29, 0.717) is 11.6 Å². The molecule has 0 aliphatic heterocycles. The average Bonchev–Trinajstić information content (AvgIpc) is 3.16. The minimum absolute atomic E-state index is 0.603. The molecule has 0 N–H and O–H groups in total. The van der Waals surface area contributed by atoms with Crippen LogP contribution in [0.4, 0.5) is 5.69 Å². The van der Waals surface area contributed by atoms with Crippen LogP contribution in [0.15, 0.2) is 52.9 Å². The van der Waals surface area contributed by atoms with E-state index >= 15 is 0 Å². The first-order chi connectivity index (χ1) is 17.0. The molecule has 0 aliphatic carbocycles. The zero-order valence-electron chi connectivity index (χ0n) is 22.7. The van der Waals surface area contributed by atoms with Gasteiger partial charge in [-0.1, -0.05) is 51.7 Å². The molecule has 0 amide bonds. The van der Waals surface area contributed by atoms with Crippen molar-refractivity contribution in [2.45, 2.75) is 53.8 Å². The lowest BCUT2D eigenvalue weighted by Crippen LogP contribution is -2.43. The van der Waals surface area contributed by atoms with Gasteiger partial charge in [-0.05, 0) is 66.3 Å². The maximum atomic E-state index is 7.42. The van der Waals surface area contributed by atoms with Crippen molar-refractivity contribution in [3.63, 3.8) is 0 Å². The van der Waals surface area contributed by atoms with Crippen LogP contribution in [-0.2, 0) is 13.5 Å². The molecule has 3 aromatic carbocycles. The van der Waals surface area contributed by atoms with E-state index in [1.54, 1.807) is 0 Å². The molecule has 0 fully saturated rings. The van der Waals surface area contributed by atoms with Gasteiger partial charge in [-0.3, -0.25) is 0 Å². The molecule has 0 atom stereocenters. The van der Waals surface area contributed by atoms with Crippen molar-refractivity contribution >= 4 is 51.8 Å². The van der Waals surface area contributed by atoms with Gasteiger partial charge in [0.25, 0.3) is 0 Å². The van der Waals surface area contributed by atoms with Crippen LogP contribution in [-0.4, -0.2) is 8.07 Å². The predicted molar refractivity (Wildman–Crippen MR) is 155 cm³/mol. The molecule has 0 unspecified atom stereocenters. The van der Waals surface area contributed by atoms with E-state index in [0.717, 1.165) is 33.9 Å². The van der Waals surface area contributed by atoms with Crippen LogP contribution in [0.2, 0.25) is 19.6 Å². The highest BCUT2D eigenvalue weighted by molar-refractivity contribution is 6.90. The summed E-state index contributed by atoms with van der Waals surface area (Å²) in [5.41, 5.74) is 9.78. The van der Waals surface area contributed by atoms with Crippen molar-refractivity contribution in [2.75, 3.05) is 0 Å². The Hall–Kier alpha value is -3.42. The van der Waals surface area contributed by atoms with Crippen molar-refractivity contribution in [1.29, 1.82) is 0 Å². The van der Waals surface area contributed by atoms with Crippen LogP contribution >= 0.6 is 0 Å². The van der Waals surface area contributed by atoms with E-state index in [-0.39, 0.29) is 0 Å². The summed E-state index contributed by atoms with van der Waals surface area (Å²) in [6, 6.07) is 17.5. The van der Waals surface area contributed by atoms with Crippen molar-refractivity contribution in [2.24, 2.45) is 13.0 Å². The molecule has 2 aromatic heterocycles. The second-order valence-corrected chi connectivity index (χ2v) is 16.7. The second-order valence-electron chi connectivity index (χ2n) is 11.7. The van der Waals surface area contributed by atoms with Gasteiger partial charge in [0.15, 0.2) is 5.69 Å². The molecule has 182 valence electrons. The van der Waals surface area contributed by atoms with Crippen molar-refractivity contribution in [1.82, 2.24) is 0 Å². The average molecular weight is 492 g/mol. The fourth-order valence-electron chi connectivity index (χ4n) is 5.50. The number of furan rings is 1. The molecule has 5 rings (SSSR count). The Morgan fingerprint density at radius 2 is 1.69 bits per heavy atom. The number of rotatable bonds is 4. The lowest BCUT2D eigenvalue weighted by atomic mass is 9.95. The molecule has 0 saturated carbocycles. The molecular weight excluding hydrogens is 456 g/mol. The topological polar surface area (TPSA) is 21.4 Å². The first kappa shape index (κ1) is 24.3. The first-order valence-electron chi connectivity index (χ1n) is 12.8. The summed E-state index contributed by atoms with van der Waals surface area (Å²) in [5, 5.41) is 5.04. The summed E-state index contributed by atoms with van der Waals surface area (Å²) in [7, 11) is 0.514. The highest BCUT2D eigenvalue weighted by Gasteiger charge is 2.29. The number of aryl methyl sites for hydroxylation is 2. The molecule has 3 nitrogen and oxygen atoms in total. The van der Waals surface area contributed by atoms with Gasteiger partial charge in [0, 0.05) is 28.3 Å². The van der Waals surface area contributed by atoms with Gasteiger partial charge in [-0.15, -0.1) is 0 Å². The van der Waals surface area contributed by atoms with Crippen LogP contribution < -0.4 is 9.75 Å². The lowest BCUT2D eigenvalue weighted by Gasteiger charge is -2.21. The summed E-state index contributed by atoms with van der Waals surface area (Å²) in [4.78, 5) is 3.61. The van der Waals surface area contributed by atoms with E-state index < -0.39 is 8.07 Å². The van der Waals surface area contributed by atoms with E-state index in [1.165, 1.54) is 38.5 Å². The zero-order valence-corrected chi connectivity index (χ0v) is 23.7. The number of benzene rings is 3. The molecule has 4 heteroatoms. The Bertz CT molecular complexity index is 1710. The van der Waals surface area contributed by atoms with Crippen molar-refractivity contribution in [3.8, 4) is 11.3 Å². The van der Waals surface area contributed by atoms with Gasteiger partial charge in [-0.2, -0.15) is 4.57 Å². The molecule has 5 aromatic rings. The number of pyridine rings is 1. The van der Waals surface area contributed by atoms with E-state index in [9.17, 15) is 0 Å². The molecule has 36 heavy (non-hydrogen) atoms. The van der Waals surface area contributed by atoms with Crippen LogP contribution in [0.3, 0.4) is 0 Å². The number of nitrogens with zero attached hydrogens (tertiary/aromatic N) is 2. The van der Waals surface area contributed by atoms with Crippen LogP contribution in [0, 0.1) is 26.3 Å². The fraction of sp³-hybridized carbons (Fsp3) is 0.312. The van der Waals surface area contributed by atoms with E-state index in [2.05, 4.69) is 94.1 Å². The summed E-state index contributed by atoms with van der Waals surface area (Å²) >= 11 is 0. The maximum absolute atomic E-state index is 7.42. The molecular formula is C32H35N2OSi+. The Morgan fingerprint density at radius 1 is 0.944 bits per heavy atom. The minimum Gasteiger partial charge on any atom is -0.456 e. The van der Waals surface area contributed by atoms with Gasteiger partial charge in [0.1, 0.15) is 18.2 Å². The van der Waals surface area contributed by atoms with Gasteiger partial charge in [0.2, 0.25) is 11.2 Å². The van der Waals surface area contributed by atoms with Crippen LogP contribution in [0.25, 0.3) is 48.9 Å². The molecule has 2 heterocycles. The number of hydrogen-bond acceptors (Lipinski definition) is 1. The largest absolute Gasteiger partial charge is 0.456 e. The van der Waals surface area contributed by atoms with Gasteiger partial charge >= 0.3 is 0 Å². The summed E-state index contributed by atoms with van der Waals surface area (Å²) < 4.78 is 8.87. The van der Waals surface area contributed by atoms with Crippen molar-refractivity contribution < 1.29 is 8.98 Å². The first-order valence-corrected chi connectivity index (χ1v) is 16.3. The SMILES string of the molecule is [C-]#[N+]c1ccc2c(c1)oc1c(-c3cc([Si](C)(C)C)c4cc(CC(C)C)ccc4[n+]3C)c(C)c(C)cc12. The number of aromatic nitrogens is 1. The Labute approximate surface area is 215 Å².